The Morgan fingerprint density at radius 2 is 1.80 bits per heavy atom. The fraction of sp³-hybridized carbons (Fsp3) is 0.643. The summed E-state index contributed by atoms with van der Waals surface area (Å²) in [5.41, 5.74) is -0.122. The zero-order valence-electron chi connectivity index (χ0n) is 11.8. The van der Waals surface area contributed by atoms with Gasteiger partial charge in [0.1, 0.15) is 0 Å². The molecule has 0 amide bonds. The third kappa shape index (κ3) is 3.85. The molecule has 0 aromatic carbocycles. The van der Waals surface area contributed by atoms with E-state index in [0.717, 1.165) is 38.9 Å². The number of hydrogen-bond acceptors (Lipinski definition) is 3. The normalized spacial score (nSPS) is 17.8. The van der Waals surface area contributed by atoms with Crippen molar-refractivity contribution in [3.63, 3.8) is 0 Å². The van der Waals surface area contributed by atoms with E-state index in [-0.39, 0.29) is 0 Å². The molecule has 1 aromatic heterocycles. The monoisotopic (exact) mass is 287 g/mol. The van der Waals surface area contributed by atoms with E-state index in [1.54, 1.807) is 0 Å². The Morgan fingerprint density at radius 3 is 2.35 bits per heavy atom. The third-order valence-corrected chi connectivity index (χ3v) is 3.41. The first-order chi connectivity index (χ1) is 9.36. The first kappa shape index (κ1) is 15.1. The van der Waals surface area contributed by atoms with Gasteiger partial charge in [-0.25, -0.2) is 0 Å². The minimum atomic E-state index is -4.33. The maximum atomic E-state index is 12.7. The van der Waals surface area contributed by atoms with E-state index in [2.05, 4.69) is 23.7 Å². The van der Waals surface area contributed by atoms with Crippen molar-refractivity contribution in [3.05, 3.63) is 24.0 Å². The minimum Gasteiger partial charge on any atom is -0.368 e. The summed E-state index contributed by atoms with van der Waals surface area (Å²) in [4.78, 5) is 8.04. The van der Waals surface area contributed by atoms with Crippen LogP contribution in [-0.4, -0.2) is 42.6 Å². The van der Waals surface area contributed by atoms with Crippen molar-refractivity contribution in [3.8, 4) is 0 Å². The van der Waals surface area contributed by atoms with Gasteiger partial charge in [-0.15, -0.1) is 0 Å². The van der Waals surface area contributed by atoms with Crippen LogP contribution in [0.5, 0.6) is 0 Å². The van der Waals surface area contributed by atoms with Crippen LogP contribution in [0.3, 0.4) is 0 Å². The SMILES string of the molecule is CC(C)CN1CCN(c2cncc(C(F)(F)F)c2)CC1. The van der Waals surface area contributed by atoms with Gasteiger partial charge in [0.2, 0.25) is 0 Å². The van der Waals surface area contributed by atoms with Crippen LogP contribution in [0.1, 0.15) is 19.4 Å². The predicted octanol–water partition coefficient (Wildman–Crippen LogP) is 2.88. The van der Waals surface area contributed by atoms with Crippen LogP contribution in [0.15, 0.2) is 18.5 Å². The zero-order chi connectivity index (χ0) is 14.8. The number of pyridine rings is 1. The molecule has 0 radical (unpaired) electrons. The van der Waals surface area contributed by atoms with Crippen LogP contribution in [0.4, 0.5) is 18.9 Å². The van der Waals surface area contributed by atoms with Gasteiger partial charge in [0.15, 0.2) is 0 Å². The molecular formula is C14H20F3N3. The molecule has 0 N–H and O–H groups in total. The van der Waals surface area contributed by atoms with Gasteiger partial charge in [0.05, 0.1) is 17.4 Å². The van der Waals surface area contributed by atoms with Gasteiger partial charge < -0.3 is 4.90 Å². The third-order valence-electron chi connectivity index (χ3n) is 3.41. The summed E-state index contributed by atoms with van der Waals surface area (Å²) in [6.45, 7) is 8.63. The number of aromatic nitrogens is 1. The van der Waals surface area contributed by atoms with Gasteiger partial charge in [-0.3, -0.25) is 9.88 Å². The Kier molecular flexibility index (Phi) is 4.52. The van der Waals surface area contributed by atoms with Gasteiger partial charge in [-0.1, -0.05) is 13.8 Å². The summed E-state index contributed by atoms with van der Waals surface area (Å²) in [6.07, 6.45) is -1.95. The highest BCUT2D eigenvalue weighted by molar-refractivity contribution is 5.47. The summed E-state index contributed by atoms with van der Waals surface area (Å²) >= 11 is 0. The average molecular weight is 287 g/mol. The molecule has 0 atom stereocenters. The van der Waals surface area contributed by atoms with E-state index >= 15 is 0 Å². The molecule has 1 aliphatic rings. The molecule has 20 heavy (non-hydrogen) atoms. The van der Waals surface area contributed by atoms with Crippen LogP contribution in [0, 0.1) is 5.92 Å². The van der Waals surface area contributed by atoms with Crippen LogP contribution < -0.4 is 4.90 Å². The maximum absolute atomic E-state index is 12.7. The van der Waals surface area contributed by atoms with Gasteiger partial charge in [0, 0.05) is 38.9 Å². The lowest BCUT2D eigenvalue weighted by atomic mass is 10.2. The molecule has 0 aliphatic carbocycles. The van der Waals surface area contributed by atoms with E-state index < -0.39 is 11.7 Å². The molecule has 0 saturated carbocycles. The molecule has 1 aromatic rings. The molecule has 1 aliphatic heterocycles. The Bertz CT molecular complexity index is 438. The van der Waals surface area contributed by atoms with Crippen molar-refractivity contribution in [2.75, 3.05) is 37.6 Å². The first-order valence-electron chi connectivity index (χ1n) is 6.86. The molecule has 1 fully saturated rings. The number of hydrogen-bond donors (Lipinski definition) is 0. The Hall–Kier alpha value is -1.30. The molecule has 3 nitrogen and oxygen atoms in total. The summed E-state index contributed by atoms with van der Waals surface area (Å²) in [5, 5.41) is 0. The molecule has 1 saturated heterocycles. The summed E-state index contributed by atoms with van der Waals surface area (Å²) in [7, 11) is 0. The molecule has 0 spiro atoms. The summed E-state index contributed by atoms with van der Waals surface area (Å²) < 4.78 is 38.0. The van der Waals surface area contributed by atoms with Crippen molar-refractivity contribution in [2.45, 2.75) is 20.0 Å². The van der Waals surface area contributed by atoms with Gasteiger partial charge in [0.25, 0.3) is 0 Å². The van der Waals surface area contributed by atoms with Crippen LogP contribution in [-0.2, 0) is 6.18 Å². The van der Waals surface area contributed by atoms with Crippen LogP contribution in [0.2, 0.25) is 0 Å². The lowest BCUT2D eigenvalue weighted by Crippen LogP contribution is -2.47. The smallest absolute Gasteiger partial charge is 0.368 e. The predicted molar refractivity (Wildman–Crippen MR) is 72.7 cm³/mol. The Balaban J connectivity index is 2.00. The van der Waals surface area contributed by atoms with Crippen molar-refractivity contribution in [1.29, 1.82) is 0 Å². The first-order valence-corrected chi connectivity index (χ1v) is 6.86. The lowest BCUT2D eigenvalue weighted by molar-refractivity contribution is -0.137. The number of anilines is 1. The molecular weight excluding hydrogens is 267 g/mol. The summed E-state index contributed by atoms with van der Waals surface area (Å²) in [5.74, 6) is 0.608. The van der Waals surface area contributed by atoms with Crippen molar-refractivity contribution < 1.29 is 13.2 Å². The van der Waals surface area contributed by atoms with E-state index in [1.165, 1.54) is 12.3 Å². The quantitative estimate of drug-likeness (QED) is 0.852. The van der Waals surface area contributed by atoms with Crippen molar-refractivity contribution >= 4 is 5.69 Å². The van der Waals surface area contributed by atoms with Crippen molar-refractivity contribution in [2.24, 2.45) is 5.92 Å². The molecule has 0 unspecified atom stereocenters. The molecule has 112 valence electrons. The maximum Gasteiger partial charge on any atom is 0.417 e. The van der Waals surface area contributed by atoms with E-state index in [9.17, 15) is 13.2 Å². The second kappa shape index (κ2) is 5.99. The number of rotatable bonds is 3. The largest absolute Gasteiger partial charge is 0.417 e. The number of alkyl halides is 3. The Labute approximate surface area is 117 Å². The second-order valence-electron chi connectivity index (χ2n) is 5.61. The van der Waals surface area contributed by atoms with Gasteiger partial charge in [-0.05, 0) is 12.0 Å². The number of nitrogens with zero attached hydrogens (tertiary/aromatic N) is 3. The molecule has 0 bridgehead atoms. The van der Waals surface area contributed by atoms with Crippen LogP contribution >= 0.6 is 0 Å². The fourth-order valence-electron chi connectivity index (χ4n) is 2.46. The Morgan fingerprint density at radius 1 is 1.15 bits per heavy atom. The van der Waals surface area contributed by atoms with E-state index in [4.69, 9.17) is 0 Å². The highest BCUT2D eigenvalue weighted by atomic mass is 19.4. The van der Waals surface area contributed by atoms with E-state index in [0.29, 0.717) is 11.6 Å². The number of halogens is 3. The second-order valence-corrected chi connectivity index (χ2v) is 5.61. The van der Waals surface area contributed by atoms with E-state index in [1.807, 2.05) is 4.90 Å². The van der Waals surface area contributed by atoms with Gasteiger partial charge >= 0.3 is 6.18 Å². The minimum absolute atomic E-state index is 0.559. The average Bonchev–Trinajstić information content (AvgIpc) is 2.38. The van der Waals surface area contributed by atoms with Crippen molar-refractivity contribution in [1.82, 2.24) is 9.88 Å². The van der Waals surface area contributed by atoms with Crippen LogP contribution in [0.25, 0.3) is 0 Å². The standard InChI is InChI=1S/C14H20F3N3/c1-11(2)10-19-3-5-20(6-4-19)13-7-12(8-18-9-13)14(15,16)17/h7-9,11H,3-6,10H2,1-2H3. The molecule has 2 heterocycles. The molecule has 2 rings (SSSR count). The zero-order valence-corrected chi connectivity index (χ0v) is 11.8. The molecule has 6 heteroatoms. The highest BCUT2D eigenvalue weighted by Gasteiger charge is 2.31. The number of piperazine rings is 1. The summed E-state index contributed by atoms with van der Waals surface area (Å²) in [6, 6.07) is 1.19. The van der Waals surface area contributed by atoms with Gasteiger partial charge in [-0.2, -0.15) is 13.2 Å². The lowest BCUT2D eigenvalue weighted by Gasteiger charge is -2.36. The highest BCUT2D eigenvalue weighted by Crippen LogP contribution is 2.31. The topological polar surface area (TPSA) is 19.4 Å². The fourth-order valence-corrected chi connectivity index (χ4v) is 2.46.